The lowest BCUT2D eigenvalue weighted by molar-refractivity contribution is 0.0252. The van der Waals surface area contributed by atoms with E-state index < -0.39 is 0 Å². The highest BCUT2D eigenvalue weighted by atomic mass is 79.9. The van der Waals surface area contributed by atoms with Gasteiger partial charge >= 0.3 is 0 Å². The number of nitrogens with one attached hydrogen (secondary N) is 1. The SMILES string of the molecule is N#Cc1ccc(Br)c(CO[C@H]2CCCc3cn[nH]c32)c1. The van der Waals surface area contributed by atoms with Crippen molar-refractivity contribution in [2.75, 3.05) is 0 Å². The number of ether oxygens (including phenoxy) is 1. The Morgan fingerprint density at radius 3 is 3.25 bits per heavy atom. The molecular formula is C15H14BrN3O. The highest BCUT2D eigenvalue weighted by Gasteiger charge is 2.22. The molecule has 1 heterocycles. The number of fused-ring (bicyclic) bond motifs is 1. The van der Waals surface area contributed by atoms with Gasteiger partial charge in [0, 0.05) is 4.47 Å². The van der Waals surface area contributed by atoms with Gasteiger partial charge in [-0.25, -0.2) is 0 Å². The molecule has 0 fully saturated rings. The molecule has 4 nitrogen and oxygen atoms in total. The van der Waals surface area contributed by atoms with E-state index >= 15 is 0 Å². The van der Waals surface area contributed by atoms with E-state index in [0.717, 1.165) is 35.0 Å². The fourth-order valence-corrected chi connectivity index (χ4v) is 2.89. The number of H-pyrrole nitrogens is 1. The molecule has 1 aromatic heterocycles. The molecule has 0 saturated carbocycles. The molecule has 0 spiro atoms. The molecule has 1 N–H and O–H groups in total. The first-order chi connectivity index (χ1) is 9.78. The summed E-state index contributed by atoms with van der Waals surface area (Å²) in [7, 11) is 0. The summed E-state index contributed by atoms with van der Waals surface area (Å²) in [6.07, 6.45) is 5.15. The second-order valence-corrected chi connectivity index (χ2v) is 5.77. The summed E-state index contributed by atoms with van der Waals surface area (Å²) in [5.74, 6) is 0. The van der Waals surface area contributed by atoms with Crippen molar-refractivity contribution in [1.29, 1.82) is 5.26 Å². The summed E-state index contributed by atoms with van der Waals surface area (Å²) in [5.41, 5.74) is 4.00. The van der Waals surface area contributed by atoms with Crippen LogP contribution in [0.3, 0.4) is 0 Å². The van der Waals surface area contributed by atoms with Gasteiger partial charge < -0.3 is 4.74 Å². The van der Waals surface area contributed by atoms with Gasteiger partial charge in [0.15, 0.2) is 0 Å². The van der Waals surface area contributed by atoms with Crippen LogP contribution in [0.1, 0.15) is 41.3 Å². The van der Waals surface area contributed by atoms with E-state index in [-0.39, 0.29) is 6.10 Å². The fraction of sp³-hybridized carbons (Fsp3) is 0.333. The smallest absolute Gasteiger partial charge is 0.0996 e. The average molecular weight is 332 g/mol. The zero-order valence-corrected chi connectivity index (χ0v) is 12.5. The largest absolute Gasteiger partial charge is 0.367 e. The van der Waals surface area contributed by atoms with Crippen molar-refractivity contribution in [2.24, 2.45) is 0 Å². The maximum absolute atomic E-state index is 8.95. The number of halogens is 1. The first-order valence-electron chi connectivity index (χ1n) is 6.60. The number of aromatic nitrogens is 2. The lowest BCUT2D eigenvalue weighted by Crippen LogP contribution is -2.12. The highest BCUT2D eigenvalue weighted by Crippen LogP contribution is 2.32. The van der Waals surface area contributed by atoms with Gasteiger partial charge in [-0.05, 0) is 48.6 Å². The van der Waals surface area contributed by atoms with Crippen LogP contribution in [0.4, 0.5) is 0 Å². The first-order valence-corrected chi connectivity index (χ1v) is 7.39. The Morgan fingerprint density at radius 2 is 2.40 bits per heavy atom. The van der Waals surface area contributed by atoms with Crippen LogP contribution in [-0.4, -0.2) is 10.2 Å². The number of benzene rings is 1. The Labute approximate surface area is 125 Å². The quantitative estimate of drug-likeness (QED) is 0.933. The van der Waals surface area contributed by atoms with Crippen molar-refractivity contribution in [3.63, 3.8) is 0 Å². The lowest BCUT2D eigenvalue weighted by Gasteiger charge is -2.22. The van der Waals surface area contributed by atoms with Crippen molar-refractivity contribution in [3.05, 3.63) is 51.3 Å². The Balaban J connectivity index is 1.74. The van der Waals surface area contributed by atoms with E-state index in [0.29, 0.717) is 12.2 Å². The summed E-state index contributed by atoms with van der Waals surface area (Å²) in [5, 5.41) is 16.1. The van der Waals surface area contributed by atoms with Gasteiger partial charge in [-0.3, -0.25) is 5.10 Å². The van der Waals surface area contributed by atoms with Crippen LogP contribution < -0.4 is 0 Å². The molecule has 5 heteroatoms. The van der Waals surface area contributed by atoms with Crippen molar-refractivity contribution in [3.8, 4) is 6.07 Å². The Hall–Kier alpha value is -1.64. The number of aryl methyl sites for hydroxylation is 1. The van der Waals surface area contributed by atoms with Crippen molar-refractivity contribution >= 4 is 15.9 Å². The molecule has 0 bridgehead atoms. The molecular weight excluding hydrogens is 318 g/mol. The molecule has 102 valence electrons. The normalized spacial score (nSPS) is 17.5. The summed E-state index contributed by atoms with van der Waals surface area (Å²) < 4.78 is 6.99. The molecule has 0 unspecified atom stereocenters. The molecule has 3 rings (SSSR count). The number of rotatable bonds is 3. The standard InChI is InChI=1S/C15H14BrN3O/c16-13-5-4-10(7-17)6-12(13)9-20-14-3-1-2-11-8-18-19-15(11)14/h4-6,8,14H,1-3,9H2,(H,18,19)/t14-/m0/s1. The van der Waals surface area contributed by atoms with Gasteiger partial charge in [-0.1, -0.05) is 15.9 Å². The molecule has 0 radical (unpaired) electrons. The monoisotopic (exact) mass is 331 g/mol. The van der Waals surface area contributed by atoms with E-state index in [9.17, 15) is 0 Å². The molecule has 1 aromatic carbocycles. The summed E-state index contributed by atoms with van der Waals surface area (Å²) >= 11 is 3.50. The molecule has 0 aliphatic heterocycles. The maximum Gasteiger partial charge on any atom is 0.0996 e. The van der Waals surface area contributed by atoms with E-state index in [1.165, 1.54) is 5.56 Å². The topological polar surface area (TPSA) is 61.7 Å². The minimum Gasteiger partial charge on any atom is -0.367 e. The third kappa shape index (κ3) is 2.62. The fourth-order valence-electron chi connectivity index (χ4n) is 2.53. The average Bonchev–Trinajstić information content (AvgIpc) is 2.95. The molecule has 2 aromatic rings. The van der Waals surface area contributed by atoms with Gasteiger partial charge in [0.1, 0.15) is 0 Å². The van der Waals surface area contributed by atoms with Crippen molar-refractivity contribution in [2.45, 2.75) is 32.0 Å². The van der Waals surface area contributed by atoms with Crippen LogP contribution in [0.25, 0.3) is 0 Å². The molecule has 1 atom stereocenters. The second-order valence-electron chi connectivity index (χ2n) is 4.92. The minimum absolute atomic E-state index is 0.0684. The highest BCUT2D eigenvalue weighted by molar-refractivity contribution is 9.10. The number of nitrogens with zero attached hydrogens (tertiary/aromatic N) is 2. The van der Waals surface area contributed by atoms with E-state index in [1.54, 1.807) is 6.07 Å². The van der Waals surface area contributed by atoms with E-state index in [4.69, 9.17) is 10.00 Å². The number of hydrogen-bond acceptors (Lipinski definition) is 3. The number of hydrogen-bond donors (Lipinski definition) is 1. The second kappa shape index (κ2) is 5.78. The third-order valence-electron chi connectivity index (χ3n) is 3.60. The van der Waals surface area contributed by atoms with E-state index in [1.807, 2.05) is 18.3 Å². The van der Waals surface area contributed by atoms with Crippen LogP contribution in [0.15, 0.2) is 28.9 Å². The molecule has 1 aliphatic rings. The van der Waals surface area contributed by atoms with E-state index in [2.05, 4.69) is 32.2 Å². The molecule has 1 aliphatic carbocycles. The Kier molecular flexibility index (Phi) is 3.86. The summed E-state index contributed by atoms with van der Waals surface area (Å²) in [6.45, 7) is 0.485. The first kappa shape index (κ1) is 13.3. The van der Waals surface area contributed by atoms with Crippen LogP contribution in [0.2, 0.25) is 0 Å². The Bertz CT molecular complexity index is 659. The van der Waals surface area contributed by atoms with Crippen LogP contribution >= 0.6 is 15.9 Å². The van der Waals surface area contributed by atoms with Gasteiger partial charge in [-0.15, -0.1) is 0 Å². The summed E-state index contributed by atoms with van der Waals surface area (Å²) in [4.78, 5) is 0. The van der Waals surface area contributed by atoms with Crippen LogP contribution in [0, 0.1) is 11.3 Å². The predicted octanol–water partition coefficient (Wildman–Crippen LogP) is 3.64. The van der Waals surface area contributed by atoms with Crippen molar-refractivity contribution < 1.29 is 4.74 Å². The van der Waals surface area contributed by atoms with Crippen LogP contribution in [0.5, 0.6) is 0 Å². The van der Waals surface area contributed by atoms with Crippen molar-refractivity contribution in [1.82, 2.24) is 10.2 Å². The van der Waals surface area contributed by atoms with Crippen LogP contribution in [-0.2, 0) is 17.8 Å². The predicted molar refractivity (Wildman–Crippen MR) is 77.9 cm³/mol. The molecule has 20 heavy (non-hydrogen) atoms. The molecule has 0 amide bonds. The van der Waals surface area contributed by atoms with Gasteiger partial charge in [0.05, 0.1) is 36.2 Å². The van der Waals surface area contributed by atoms with Gasteiger partial charge in [-0.2, -0.15) is 10.4 Å². The van der Waals surface area contributed by atoms with Gasteiger partial charge in [0.2, 0.25) is 0 Å². The zero-order chi connectivity index (χ0) is 13.9. The number of nitriles is 1. The lowest BCUT2D eigenvalue weighted by atomic mass is 9.96. The third-order valence-corrected chi connectivity index (χ3v) is 4.37. The Morgan fingerprint density at radius 1 is 1.50 bits per heavy atom. The minimum atomic E-state index is 0.0684. The van der Waals surface area contributed by atoms with Gasteiger partial charge in [0.25, 0.3) is 0 Å². The summed E-state index contributed by atoms with van der Waals surface area (Å²) in [6, 6.07) is 7.69. The maximum atomic E-state index is 8.95. The zero-order valence-electron chi connectivity index (χ0n) is 10.9. The molecule has 0 saturated heterocycles. The number of aromatic amines is 1.